The number of nitro benzene ring substituents is 1. The lowest BCUT2D eigenvalue weighted by Gasteiger charge is -2.11. The molecule has 0 unspecified atom stereocenters. The van der Waals surface area contributed by atoms with Crippen molar-refractivity contribution >= 4 is 5.69 Å². The second kappa shape index (κ2) is 5.87. The van der Waals surface area contributed by atoms with Gasteiger partial charge in [0.1, 0.15) is 12.4 Å². The van der Waals surface area contributed by atoms with E-state index >= 15 is 0 Å². The average molecular weight is 235 g/mol. The summed E-state index contributed by atoms with van der Waals surface area (Å²) in [6.07, 6.45) is -0.834. The molecule has 1 N–H and O–H groups in total. The highest BCUT2D eigenvalue weighted by Crippen LogP contribution is 2.29. The molecule has 5 heteroatoms. The SMILES string of the molecule is CC#CCOc1ccc([N+](=O)[O-])cc1[C@@H](C)O. The number of ether oxygens (including phenoxy) is 1. The summed E-state index contributed by atoms with van der Waals surface area (Å²) < 4.78 is 5.32. The average Bonchev–Trinajstić information content (AvgIpc) is 2.29. The molecule has 0 aromatic heterocycles. The van der Waals surface area contributed by atoms with Crippen molar-refractivity contribution in [2.45, 2.75) is 20.0 Å². The van der Waals surface area contributed by atoms with Crippen molar-refractivity contribution in [1.82, 2.24) is 0 Å². The highest BCUT2D eigenvalue weighted by Gasteiger charge is 2.14. The molecule has 0 amide bonds. The van der Waals surface area contributed by atoms with Gasteiger partial charge in [-0.1, -0.05) is 5.92 Å². The molecule has 0 aliphatic heterocycles. The zero-order chi connectivity index (χ0) is 12.8. The Balaban J connectivity index is 3.02. The van der Waals surface area contributed by atoms with E-state index in [0.717, 1.165) is 0 Å². The number of benzene rings is 1. The summed E-state index contributed by atoms with van der Waals surface area (Å²) in [5.41, 5.74) is 0.312. The van der Waals surface area contributed by atoms with Crippen molar-refractivity contribution < 1.29 is 14.8 Å². The van der Waals surface area contributed by atoms with Gasteiger partial charge in [-0.2, -0.15) is 0 Å². The predicted octanol–water partition coefficient (Wildman–Crippen LogP) is 2.05. The Hall–Kier alpha value is -2.06. The van der Waals surface area contributed by atoms with Crippen molar-refractivity contribution in [3.05, 3.63) is 33.9 Å². The monoisotopic (exact) mass is 235 g/mol. The molecule has 0 bridgehead atoms. The molecule has 0 heterocycles. The first-order valence-electron chi connectivity index (χ1n) is 5.05. The fraction of sp³-hybridized carbons (Fsp3) is 0.333. The minimum atomic E-state index is -0.834. The lowest BCUT2D eigenvalue weighted by atomic mass is 10.1. The van der Waals surface area contributed by atoms with Gasteiger partial charge in [-0.15, -0.1) is 5.92 Å². The fourth-order valence-electron chi connectivity index (χ4n) is 1.29. The van der Waals surface area contributed by atoms with E-state index in [-0.39, 0.29) is 12.3 Å². The third-order valence-corrected chi connectivity index (χ3v) is 2.13. The number of nitrogens with zero attached hydrogens (tertiary/aromatic N) is 1. The normalized spacial score (nSPS) is 11.2. The molecule has 90 valence electrons. The lowest BCUT2D eigenvalue weighted by molar-refractivity contribution is -0.385. The van der Waals surface area contributed by atoms with Crippen LogP contribution in [0.15, 0.2) is 18.2 Å². The van der Waals surface area contributed by atoms with Crippen LogP contribution in [0.1, 0.15) is 25.5 Å². The number of hydrogen-bond acceptors (Lipinski definition) is 4. The van der Waals surface area contributed by atoms with Gasteiger partial charge in [-0.3, -0.25) is 10.1 Å². The van der Waals surface area contributed by atoms with E-state index in [1.165, 1.54) is 25.1 Å². The van der Waals surface area contributed by atoms with Crippen LogP contribution in [0.4, 0.5) is 5.69 Å². The predicted molar refractivity (Wildman–Crippen MR) is 62.7 cm³/mol. The number of non-ortho nitro benzene ring substituents is 1. The van der Waals surface area contributed by atoms with Gasteiger partial charge in [0.2, 0.25) is 0 Å². The Kier molecular flexibility index (Phi) is 4.49. The van der Waals surface area contributed by atoms with Crippen LogP contribution in [0.25, 0.3) is 0 Å². The van der Waals surface area contributed by atoms with Crippen LogP contribution < -0.4 is 4.74 Å². The molecule has 17 heavy (non-hydrogen) atoms. The zero-order valence-electron chi connectivity index (χ0n) is 9.64. The maximum absolute atomic E-state index is 10.6. The number of hydrogen-bond donors (Lipinski definition) is 1. The highest BCUT2D eigenvalue weighted by molar-refractivity contribution is 5.44. The van der Waals surface area contributed by atoms with Crippen LogP contribution in [0.2, 0.25) is 0 Å². The number of nitro groups is 1. The molecule has 1 rings (SSSR count). The summed E-state index contributed by atoms with van der Waals surface area (Å²) in [5, 5.41) is 20.1. The Morgan fingerprint density at radius 2 is 2.29 bits per heavy atom. The summed E-state index contributed by atoms with van der Waals surface area (Å²) in [7, 11) is 0. The molecule has 1 aromatic carbocycles. The summed E-state index contributed by atoms with van der Waals surface area (Å²) in [4.78, 5) is 10.1. The van der Waals surface area contributed by atoms with Crippen LogP contribution in [-0.2, 0) is 0 Å². The van der Waals surface area contributed by atoms with E-state index in [9.17, 15) is 15.2 Å². The third kappa shape index (κ3) is 3.47. The van der Waals surface area contributed by atoms with E-state index in [1.807, 2.05) is 0 Å². The summed E-state index contributed by atoms with van der Waals surface area (Å²) in [5.74, 6) is 5.79. The van der Waals surface area contributed by atoms with Gasteiger partial charge in [-0.25, -0.2) is 0 Å². The fourth-order valence-corrected chi connectivity index (χ4v) is 1.29. The molecule has 0 spiro atoms. The van der Waals surface area contributed by atoms with Gasteiger partial charge >= 0.3 is 0 Å². The molecule has 1 aromatic rings. The first kappa shape index (κ1) is 13.0. The third-order valence-electron chi connectivity index (χ3n) is 2.13. The van der Waals surface area contributed by atoms with E-state index < -0.39 is 11.0 Å². The van der Waals surface area contributed by atoms with Crippen LogP contribution in [0.3, 0.4) is 0 Å². The van der Waals surface area contributed by atoms with E-state index in [0.29, 0.717) is 11.3 Å². The van der Waals surface area contributed by atoms with E-state index in [4.69, 9.17) is 4.74 Å². The molecule has 0 radical (unpaired) electrons. The Bertz CT molecular complexity index is 471. The Morgan fingerprint density at radius 1 is 1.59 bits per heavy atom. The van der Waals surface area contributed by atoms with E-state index in [1.54, 1.807) is 6.92 Å². The maximum atomic E-state index is 10.6. The molecule has 0 saturated heterocycles. The molecule has 0 fully saturated rings. The second-order valence-corrected chi connectivity index (χ2v) is 3.37. The molecular formula is C12H13NO4. The van der Waals surface area contributed by atoms with Crippen LogP contribution in [0.5, 0.6) is 5.75 Å². The van der Waals surface area contributed by atoms with Crippen molar-refractivity contribution in [2.75, 3.05) is 6.61 Å². The smallest absolute Gasteiger partial charge is 0.270 e. The first-order valence-corrected chi connectivity index (χ1v) is 5.05. The van der Waals surface area contributed by atoms with Crippen molar-refractivity contribution in [2.24, 2.45) is 0 Å². The van der Waals surface area contributed by atoms with Crippen molar-refractivity contribution in [3.63, 3.8) is 0 Å². The van der Waals surface area contributed by atoms with Gasteiger partial charge < -0.3 is 9.84 Å². The first-order chi connectivity index (χ1) is 8.06. The minimum Gasteiger partial charge on any atom is -0.481 e. The Morgan fingerprint density at radius 3 is 2.82 bits per heavy atom. The number of aliphatic hydroxyl groups is 1. The molecule has 0 saturated carbocycles. The standard InChI is InChI=1S/C12H13NO4/c1-3-4-7-17-12-6-5-10(13(15)16)8-11(12)9(2)14/h5-6,8-9,14H,7H2,1-2H3/t9-/m1/s1. The van der Waals surface area contributed by atoms with Crippen LogP contribution >= 0.6 is 0 Å². The van der Waals surface area contributed by atoms with Gasteiger partial charge in [-0.05, 0) is 19.9 Å². The van der Waals surface area contributed by atoms with Crippen molar-refractivity contribution in [1.29, 1.82) is 0 Å². The summed E-state index contributed by atoms with van der Waals surface area (Å²) in [6.45, 7) is 3.40. The molecular weight excluding hydrogens is 222 g/mol. The summed E-state index contributed by atoms with van der Waals surface area (Å²) in [6, 6.07) is 4.11. The lowest BCUT2D eigenvalue weighted by Crippen LogP contribution is -2.02. The topological polar surface area (TPSA) is 72.6 Å². The van der Waals surface area contributed by atoms with Gasteiger partial charge in [0.25, 0.3) is 5.69 Å². The molecule has 1 atom stereocenters. The maximum Gasteiger partial charge on any atom is 0.270 e. The minimum absolute atomic E-state index is 0.0742. The number of rotatable bonds is 4. The molecule has 0 aliphatic carbocycles. The molecule has 0 aliphatic rings. The van der Waals surface area contributed by atoms with Crippen LogP contribution in [0, 0.1) is 22.0 Å². The van der Waals surface area contributed by atoms with E-state index in [2.05, 4.69) is 11.8 Å². The largest absolute Gasteiger partial charge is 0.481 e. The van der Waals surface area contributed by atoms with Gasteiger partial charge in [0, 0.05) is 17.7 Å². The van der Waals surface area contributed by atoms with Gasteiger partial charge in [0.15, 0.2) is 0 Å². The highest BCUT2D eigenvalue weighted by atomic mass is 16.6. The quantitative estimate of drug-likeness (QED) is 0.492. The number of aliphatic hydroxyl groups excluding tert-OH is 1. The zero-order valence-corrected chi connectivity index (χ0v) is 9.64. The Labute approximate surface area is 99.2 Å². The molecule has 5 nitrogen and oxygen atoms in total. The second-order valence-electron chi connectivity index (χ2n) is 3.37. The van der Waals surface area contributed by atoms with Crippen LogP contribution in [-0.4, -0.2) is 16.6 Å². The van der Waals surface area contributed by atoms with Crippen molar-refractivity contribution in [3.8, 4) is 17.6 Å². The summed E-state index contributed by atoms with van der Waals surface area (Å²) >= 11 is 0. The van der Waals surface area contributed by atoms with Gasteiger partial charge in [0.05, 0.1) is 11.0 Å².